The van der Waals surface area contributed by atoms with Crippen molar-refractivity contribution in [3.63, 3.8) is 0 Å². The Kier molecular flexibility index (Phi) is 5.56. The van der Waals surface area contributed by atoms with E-state index in [9.17, 15) is 4.79 Å². The third-order valence-corrected chi connectivity index (χ3v) is 4.24. The number of rotatable bonds is 6. The predicted octanol–water partition coefficient (Wildman–Crippen LogP) is 3.24. The molecule has 2 N–H and O–H groups in total. The number of benzene rings is 2. The van der Waals surface area contributed by atoms with Gasteiger partial charge in [0.15, 0.2) is 0 Å². The van der Waals surface area contributed by atoms with E-state index >= 15 is 0 Å². The fourth-order valence-corrected chi connectivity index (χ4v) is 2.93. The van der Waals surface area contributed by atoms with Crippen molar-refractivity contribution in [3.05, 3.63) is 53.6 Å². The van der Waals surface area contributed by atoms with Gasteiger partial charge in [-0.1, -0.05) is 12.1 Å². The van der Waals surface area contributed by atoms with E-state index in [1.165, 1.54) is 0 Å². The van der Waals surface area contributed by atoms with E-state index in [1.807, 2.05) is 56.6 Å². The number of carbonyl (C=O) groups is 1. The van der Waals surface area contributed by atoms with Gasteiger partial charge in [-0.3, -0.25) is 4.79 Å². The maximum absolute atomic E-state index is 12.7. The Hall–Kier alpha value is -2.53. The third kappa shape index (κ3) is 4.51. The number of carbonyl (C=O) groups excluding carboxylic acids is 1. The van der Waals surface area contributed by atoms with Crippen LogP contribution in [0.3, 0.4) is 0 Å². The zero-order valence-electron chi connectivity index (χ0n) is 14.8. The molecule has 1 amide bonds. The summed E-state index contributed by atoms with van der Waals surface area (Å²) in [6.45, 7) is 2.42. The second kappa shape index (κ2) is 8.03. The van der Waals surface area contributed by atoms with Crippen LogP contribution in [0.5, 0.6) is 5.75 Å². The molecule has 132 valence electrons. The molecule has 25 heavy (non-hydrogen) atoms. The topological polar surface area (TPSA) is 53.6 Å². The SMILES string of the molecule is CN(C)CCOc1cccc(NC(=O)c2cccc3c2CCCN3)c1. The van der Waals surface area contributed by atoms with Gasteiger partial charge < -0.3 is 20.3 Å². The van der Waals surface area contributed by atoms with Crippen LogP contribution >= 0.6 is 0 Å². The smallest absolute Gasteiger partial charge is 0.256 e. The Morgan fingerprint density at radius 3 is 2.92 bits per heavy atom. The molecular weight excluding hydrogens is 314 g/mol. The summed E-state index contributed by atoms with van der Waals surface area (Å²) in [5.74, 6) is 0.683. The highest BCUT2D eigenvalue weighted by molar-refractivity contribution is 6.06. The molecule has 1 aliphatic heterocycles. The van der Waals surface area contributed by atoms with Gasteiger partial charge in [-0.05, 0) is 56.8 Å². The van der Waals surface area contributed by atoms with E-state index in [0.29, 0.717) is 6.61 Å². The number of nitrogens with zero attached hydrogens (tertiary/aromatic N) is 1. The minimum atomic E-state index is -0.0778. The molecule has 2 aromatic carbocycles. The third-order valence-electron chi connectivity index (χ3n) is 4.24. The van der Waals surface area contributed by atoms with Crippen molar-refractivity contribution in [2.45, 2.75) is 12.8 Å². The molecule has 1 aliphatic rings. The minimum Gasteiger partial charge on any atom is -0.492 e. The Bertz CT molecular complexity index is 743. The molecule has 0 radical (unpaired) electrons. The summed E-state index contributed by atoms with van der Waals surface area (Å²) < 4.78 is 5.73. The highest BCUT2D eigenvalue weighted by Gasteiger charge is 2.17. The number of ether oxygens (including phenoxy) is 1. The van der Waals surface area contributed by atoms with Crippen LogP contribution in [-0.4, -0.2) is 44.6 Å². The molecule has 2 aromatic rings. The molecule has 1 heterocycles. The van der Waals surface area contributed by atoms with Crippen molar-refractivity contribution in [1.82, 2.24) is 4.90 Å². The highest BCUT2D eigenvalue weighted by atomic mass is 16.5. The molecule has 0 saturated heterocycles. The fraction of sp³-hybridized carbons (Fsp3) is 0.350. The molecular formula is C20H25N3O2. The molecule has 0 atom stereocenters. The summed E-state index contributed by atoms with van der Waals surface area (Å²) >= 11 is 0. The standard InChI is InChI=1S/C20H25N3O2/c1-23(2)12-13-25-16-7-3-6-15(14-16)22-20(24)18-8-4-10-19-17(18)9-5-11-21-19/h3-4,6-8,10,14,21H,5,9,11-13H2,1-2H3,(H,22,24). The zero-order valence-corrected chi connectivity index (χ0v) is 14.8. The van der Waals surface area contributed by atoms with Gasteiger partial charge in [0.25, 0.3) is 5.91 Å². The quantitative estimate of drug-likeness (QED) is 0.848. The number of nitrogens with one attached hydrogen (secondary N) is 2. The fourth-order valence-electron chi connectivity index (χ4n) is 2.93. The molecule has 0 bridgehead atoms. The van der Waals surface area contributed by atoms with Gasteiger partial charge in [-0.2, -0.15) is 0 Å². The van der Waals surface area contributed by atoms with Crippen LogP contribution in [0.1, 0.15) is 22.3 Å². The van der Waals surface area contributed by atoms with E-state index < -0.39 is 0 Å². The van der Waals surface area contributed by atoms with Gasteiger partial charge in [0.1, 0.15) is 12.4 Å². The summed E-state index contributed by atoms with van der Waals surface area (Å²) in [5.41, 5.74) is 3.65. The van der Waals surface area contributed by atoms with E-state index in [0.717, 1.165) is 54.2 Å². The van der Waals surface area contributed by atoms with E-state index in [1.54, 1.807) is 0 Å². The highest BCUT2D eigenvalue weighted by Crippen LogP contribution is 2.26. The number of anilines is 2. The van der Waals surface area contributed by atoms with Crippen molar-refractivity contribution in [2.75, 3.05) is 44.4 Å². The molecule has 0 aliphatic carbocycles. The van der Waals surface area contributed by atoms with Crippen LogP contribution < -0.4 is 15.4 Å². The van der Waals surface area contributed by atoms with Crippen LogP contribution in [0.2, 0.25) is 0 Å². The van der Waals surface area contributed by atoms with Crippen molar-refractivity contribution >= 4 is 17.3 Å². The average Bonchev–Trinajstić information content (AvgIpc) is 2.61. The van der Waals surface area contributed by atoms with Crippen LogP contribution in [0.4, 0.5) is 11.4 Å². The average molecular weight is 339 g/mol. The van der Waals surface area contributed by atoms with E-state index in [4.69, 9.17) is 4.74 Å². The molecule has 0 spiro atoms. The summed E-state index contributed by atoms with van der Waals surface area (Å²) in [5, 5.41) is 6.35. The van der Waals surface area contributed by atoms with Gasteiger partial charge >= 0.3 is 0 Å². The van der Waals surface area contributed by atoms with Gasteiger partial charge in [-0.15, -0.1) is 0 Å². The normalized spacial score (nSPS) is 13.1. The van der Waals surface area contributed by atoms with Crippen LogP contribution in [0.15, 0.2) is 42.5 Å². The predicted molar refractivity (Wildman–Crippen MR) is 102 cm³/mol. The van der Waals surface area contributed by atoms with Gasteiger partial charge in [-0.25, -0.2) is 0 Å². The number of likely N-dealkylation sites (N-methyl/N-ethyl adjacent to an activating group) is 1. The number of amides is 1. The summed E-state index contributed by atoms with van der Waals surface area (Å²) in [7, 11) is 4.02. The van der Waals surface area contributed by atoms with Crippen molar-refractivity contribution in [1.29, 1.82) is 0 Å². The van der Waals surface area contributed by atoms with Crippen molar-refractivity contribution in [3.8, 4) is 5.75 Å². The lowest BCUT2D eigenvalue weighted by molar-refractivity contribution is 0.102. The first-order chi connectivity index (χ1) is 12.1. The summed E-state index contributed by atoms with van der Waals surface area (Å²) in [6.07, 6.45) is 1.98. The first kappa shape index (κ1) is 17.3. The van der Waals surface area contributed by atoms with Gasteiger partial charge in [0, 0.05) is 36.1 Å². The van der Waals surface area contributed by atoms with Crippen LogP contribution in [0.25, 0.3) is 0 Å². The molecule has 0 unspecified atom stereocenters. The summed E-state index contributed by atoms with van der Waals surface area (Å²) in [4.78, 5) is 14.8. The van der Waals surface area contributed by atoms with Crippen LogP contribution in [-0.2, 0) is 6.42 Å². The maximum Gasteiger partial charge on any atom is 0.256 e. The second-order valence-corrected chi connectivity index (χ2v) is 6.50. The van der Waals surface area contributed by atoms with Crippen molar-refractivity contribution in [2.24, 2.45) is 0 Å². The van der Waals surface area contributed by atoms with E-state index in [2.05, 4.69) is 15.5 Å². The lowest BCUT2D eigenvalue weighted by Gasteiger charge is -2.20. The monoisotopic (exact) mass is 339 g/mol. The Morgan fingerprint density at radius 1 is 1.24 bits per heavy atom. The summed E-state index contributed by atoms with van der Waals surface area (Å²) in [6, 6.07) is 13.4. The number of fused-ring (bicyclic) bond motifs is 1. The minimum absolute atomic E-state index is 0.0778. The molecule has 5 heteroatoms. The van der Waals surface area contributed by atoms with E-state index in [-0.39, 0.29) is 5.91 Å². The molecule has 3 rings (SSSR count). The Labute approximate surface area is 149 Å². The van der Waals surface area contributed by atoms with Crippen molar-refractivity contribution < 1.29 is 9.53 Å². The maximum atomic E-state index is 12.7. The lowest BCUT2D eigenvalue weighted by atomic mass is 9.97. The Morgan fingerprint density at radius 2 is 2.08 bits per heavy atom. The zero-order chi connectivity index (χ0) is 17.6. The first-order valence-corrected chi connectivity index (χ1v) is 8.68. The lowest BCUT2D eigenvalue weighted by Crippen LogP contribution is -2.20. The number of hydrogen-bond donors (Lipinski definition) is 2. The van der Waals surface area contributed by atoms with Gasteiger partial charge in [0.05, 0.1) is 0 Å². The van der Waals surface area contributed by atoms with Crippen LogP contribution in [0, 0.1) is 0 Å². The first-order valence-electron chi connectivity index (χ1n) is 8.68. The second-order valence-electron chi connectivity index (χ2n) is 6.50. The molecule has 0 saturated carbocycles. The Balaban J connectivity index is 1.69. The molecule has 0 aromatic heterocycles. The van der Waals surface area contributed by atoms with Gasteiger partial charge in [0.2, 0.25) is 0 Å². The molecule has 5 nitrogen and oxygen atoms in total. The largest absolute Gasteiger partial charge is 0.492 e. The number of hydrogen-bond acceptors (Lipinski definition) is 4. The molecule has 0 fully saturated rings.